The van der Waals surface area contributed by atoms with E-state index in [1.807, 2.05) is 26.0 Å². The minimum Gasteiger partial charge on any atom is -0.267 e. The minimum atomic E-state index is -0.944. The molecule has 0 aliphatic heterocycles. The molecule has 0 fully saturated rings. The SMILES string of the molecule is Cc1cc(C)nc(NNC(=O)c2cccc(C[S@](C)=O)c2)n1. The van der Waals surface area contributed by atoms with Crippen LogP contribution in [0, 0.1) is 13.8 Å². The lowest BCUT2D eigenvalue weighted by Crippen LogP contribution is -2.30. The van der Waals surface area contributed by atoms with Gasteiger partial charge in [0.15, 0.2) is 0 Å². The average molecular weight is 318 g/mol. The van der Waals surface area contributed by atoms with Crippen LogP contribution >= 0.6 is 0 Å². The van der Waals surface area contributed by atoms with Gasteiger partial charge in [0.05, 0.1) is 0 Å². The minimum absolute atomic E-state index is 0.300. The highest BCUT2D eigenvalue weighted by molar-refractivity contribution is 7.83. The van der Waals surface area contributed by atoms with Gasteiger partial charge in [-0.15, -0.1) is 0 Å². The van der Waals surface area contributed by atoms with Crippen LogP contribution in [0.4, 0.5) is 5.95 Å². The zero-order valence-corrected chi connectivity index (χ0v) is 13.5. The van der Waals surface area contributed by atoms with E-state index >= 15 is 0 Å². The Morgan fingerprint density at radius 1 is 1.18 bits per heavy atom. The molecule has 1 aromatic heterocycles. The molecular weight excluding hydrogens is 300 g/mol. The topological polar surface area (TPSA) is 84.0 Å². The van der Waals surface area contributed by atoms with Crippen molar-refractivity contribution < 1.29 is 9.00 Å². The van der Waals surface area contributed by atoms with Crippen molar-refractivity contribution in [1.82, 2.24) is 15.4 Å². The Morgan fingerprint density at radius 3 is 2.50 bits per heavy atom. The molecule has 0 unspecified atom stereocenters. The first-order valence-corrected chi connectivity index (χ1v) is 8.44. The highest BCUT2D eigenvalue weighted by Crippen LogP contribution is 2.08. The molecule has 2 rings (SSSR count). The zero-order chi connectivity index (χ0) is 16.1. The Bertz CT molecular complexity index is 698. The van der Waals surface area contributed by atoms with Gasteiger partial charge < -0.3 is 0 Å². The number of rotatable bonds is 5. The lowest BCUT2D eigenvalue weighted by atomic mass is 10.1. The van der Waals surface area contributed by atoms with Crippen LogP contribution in [-0.2, 0) is 16.6 Å². The van der Waals surface area contributed by atoms with Gasteiger partial charge in [0.1, 0.15) is 0 Å². The fraction of sp³-hybridized carbons (Fsp3) is 0.267. The number of nitrogens with zero attached hydrogens (tertiary/aromatic N) is 2. The molecule has 116 valence electrons. The van der Waals surface area contributed by atoms with E-state index in [1.54, 1.807) is 24.5 Å². The van der Waals surface area contributed by atoms with Crippen molar-refractivity contribution in [3.63, 3.8) is 0 Å². The summed E-state index contributed by atoms with van der Waals surface area (Å²) < 4.78 is 11.3. The summed E-state index contributed by atoms with van der Waals surface area (Å²) in [6, 6.07) is 8.88. The van der Waals surface area contributed by atoms with Gasteiger partial charge in [0.2, 0.25) is 5.95 Å². The first-order valence-electron chi connectivity index (χ1n) is 6.71. The van der Waals surface area contributed by atoms with E-state index in [1.165, 1.54) is 0 Å². The Kier molecular flexibility index (Phi) is 5.21. The number of amides is 1. The third-order valence-electron chi connectivity index (χ3n) is 2.83. The van der Waals surface area contributed by atoms with Gasteiger partial charge in [0, 0.05) is 39.8 Å². The molecule has 1 atom stereocenters. The van der Waals surface area contributed by atoms with E-state index in [0.29, 0.717) is 17.3 Å². The van der Waals surface area contributed by atoms with Crippen molar-refractivity contribution in [3.05, 3.63) is 52.8 Å². The first kappa shape index (κ1) is 16.1. The molecule has 7 heteroatoms. The smallest absolute Gasteiger partial charge is 0.267 e. The molecule has 1 heterocycles. The maximum Gasteiger partial charge on any atom is 0.269 e. The Hall–Kier alpha value is -2.28. The molecule has 6 nitrogen and oxygen atoms in total. The summed E-state index contributed by atoms with van der Waals surface area (Å²) in [4.78, 5) is 20.5. The molecule has 0 aliphatic carbocycles. The number of hydrogen-bond acceptors (Lipinski definition) is 5. The predicted molar refractivity (Wildman–Crippen MR) is 86.8 cm³/mol. The largest absolute Gasteiger partial charge is 0.269 e. The monoisotopic (exact) mass is 318 g/mol. The lowest BCUT2D eigenvalue weighted by Gasteiger charge is -2.09. The number of aryl methyl sites for hydroxylation is 2. The normalized spacial score (nSPS) is 11.8. The van der Waals surface area contributed by atoms with Gasteiger partial charge in [-0.05, 0) is 37.6 Å². The molecule has 0 bridgehead atoms. The van der Waals surface area contributed by atoms with Crippen molar-refractivity contribution in [2.45, 2.75) is 19.6 Å². The van der Waals surface area contributed by atoms with Crippen LogP contribution in [0.25, 0.3) is 0 Å². The van der Waals surface area contributed by atoms with Crippen LogP contribution in [0.1, 0.15) is 27.3 Å². The number of carbonyl (C=O) groups is 1. The lowest BCUT2D eigenvalue weighted by molar-refractivity contribution is 0.0962. The van der Waals surface area contributed by atoms with Gasteiger partial charge in [0.25, 0.3) is 5.91 Å². The van der Waals surface area contributed by atoms with Crippen LogP contribution < -0.4 is 10.9 Å². The van der Waals surface area contributed by atoms with E-state index in [-0.39, 0.29) is 5.91 Å². The fourth-order valence-electron chi connectivity index (χ4n) is 2.00. The van der Waals surface area contributed by atoms with Crippen LogP contribution in [0.15, 0.2) is 30.3 Å². The summed E-state index contributed by atoms with van der Waals surface area (Å²) in [6.07, 6.45) is 1.63. The number of aromatic nitrogens is 2. The van der Waals surface area contributed by atoms with Gasteiger partial charge >= 0.3 is 0 Å². The van der Waals surface area contributed by atoms with Crippen molar-refractivity contribution in [1.29, 1.82) is 0 Å². The van der Waals surface area contributed by atoms with Crippen molar-refractivity contribution in [2.75, 3.05) is 11.7 Å². The predicted octanol–water partition coefficient (Wildman–Crippen LogP) is 1.73. The second-order valence-electron chi connectivity index (χ2n) is 4.97. The molecule has 1 amide bonds. The van der Waals surface area contributed by atoms with E-state index in [4.69, 9.17) is 0 Å². The molecule has 0 spiro atoms. The number of benzene rings is 1. The molecule has 2 aromatic rings. The number of anilines is 1. The molecule has 22 heavy (non-hydrogen) atoms. The fourth-order valence-corrected chi connectivity index (χ4v) is 2.65. The molecule has 1 aromatic carbocycles. The van der Waals surface area contributed by atoms with E-state index < -0.39 is 10.8 Å². The number of hydrogen-bond donors (Lipinski definition) is 2. The summed E-state index contributed by atoms with van der Waals surface area (Å²) in [5.74, 6) is 0.470. The van der Waals surface area contributed by atoms with E-state index in [2.05, 4.69) is 20.8 Å². The zero-order valence-electron chi connectivity index (χ0n) is 12.7. The summed E-state index contributed by atoms with van der Waals surface area (Å²) in [5.41, 5.74) is 8.24. The van der Waals surface area contributed by atoms with Crippen molar-refractivity contribution in [3.8, 4) is 0 Å². The van der Waals surface area contributed by atoms with Crippen LogP contribution in [-0.4, -0.2) is 26.3 Å². The van der Waals surface area contributed by atoms with Gasteiger partial charge in [-0.1, -0.05) is 12.1 Å². The maximum atomic E-state index is 12.1. The van der Waals surface area contributed by atoms with Crippen LogP contribution in [0.3, 0.4) is 0 Å². The molecule has 0 aliphatic rings. The third-order valence-corrected chi connectivity index (χ3v) is 3.57. The van der Waals surface area contributed by atoms with Crippen molar-refractivity contribution in [2.24, 2.45) is 0 Å². The Balaban J connectivity index is 2.04. The summed E-state index contributed by atoms with van der Waals surface area (Å²) in [7, 11) is -0.944. The first-order chi connectivity index (χ1) is 10.4. The quantitative estimate of drug-likeness (QED) is 0.820. The summed E-state index contributed by atoms with van der Waals surface area (Å²) >= 11 is 0. The van der Waals surface area contributed by atoms with Gasteiger partial charge in [-0.3, -0.25) is 19.9 Å². The second-order valence-corrected chi connectivity index (χ2v) is 6.41. The van der Waals surface area contributed by atoms with Gasteiger partial charge in [-0.25, -0.2) is 9.97 Å². The number of hydrazine groups is 1. The van der Waals surface area contributed by atoms with Crippen LogP contribution in [0.2, 0.25) is 0 Å². The highest BCUT2D eigenvalue weighted by atomic mass is 32.2. The number of nitrogens with one attached hydrogen (secondary N) is 2. The Labute approximate surface area is 131 Å². The highest BCUT2D eigenvalue weighted by Gasteiger charge is 2.07. The molecule has 0 saturated carbocycles. The summed E-state index contributed by atoms with van der Waals surface area (Å²) in [5, 5.41) is 0. The third kappa shape index (κ3) is 4.63. The molecule has 0 radical (unpaired) electrons. The average Bonchev–Trinajstić information content (AvgIpc) is 2.43. The van der Waals surface area contributed by atoms with Gasteiger partial charge in [-0.2, -0.15) is 0 Å². The van der Waals surface area contributed by atoms with E-state index in [0.717, 1.165) is 17.0 Å². The Morgan fingerprint density at radius 2 is 1.86 bits per heavy atom. The van der Waals surface area contributed by atoms with E-state index in [9.17, 15) is 9.00 Å². The number of carbonyl (C=O) groups excluding carboxylic acids is 1. The van der Waals surface area contributed by atoms with Crippen molar-refractivity contribution >= 4 is 22.7 Å². The molecule has 2 N–H and O–H groups in total. The maximum absolute atomic E-state index is 12.1. The molecular formula is C15H18N4O2S. The molecule has 0 saturated heterocycles. The second kappa shape index (κ2) is 7.13. The summed E-state index contributed by atoms with van der Waals surface area (Å²) in [6.45, 7) is 3.71. The standard InChI is InChI=1S/C15H18N4O2S/c1-10-7-11(2)17-15(16-10)19-18-14(20)13-6-4-5-12(8-13)9-22(3)21/h4-8H,9H2,1-3H3,(H,18,20)(H,16,17,19)/t22-/m0/s1. The van der Waals surface area contributed by atoms with Crippen LogP contribution in [0.5, 0.6) is 0 Å².